The van der Waals surface area contributed by atoms with E-state index in [9.17, 15) is 14.4 Å². The van der Waals surface area contributed by atoms with Crippen molar-refractivity contribution in [3.63, 3.8) is 0 Å². The van der Waals surface area contributed by atoms with Gasteiger partial charge in [-0.25, -0.2) is 4.98 Å². The molecule has 0 saturated carbocycles. The topological polar surface area (TPSA) is 152 Å². The SMILES string of the molecule is CCCCC(CC(=O)OCC1CC=Cc2cnc([C@@H](COC[C@H]3C=CC=CC3C)NC(=O)C(C)(C)N)n21)C(N)=O. The third kappa shape index (κ3) is 8.63. The molecule has 40 heavy (non-hydrogen) atoms. The van der Waals surface area contributed by atoms with Crippen molar-refractivity contribution in [2.24, 2.45) is 29.2 Å². The van der Waals surface area contributed by atoms with E-state index in [4.69, 9.17) is 20.9 Å². The quantitative estimate of drug-likeness (QED) is 0.281. The number of unbranched alkanes of at least 4 members (excludes halogenated alkanes) is 1. The van der Waals surface area contributed by atoms with Gasteiger partial charge in [0.2, 0.25) is 11.8 Å². The largest absolute Gasteiger partial charge is 0.463 e. The number of rotatable bonds is 15. The zero-order valence-corrected chi connectivity index (χ0v) is 24.2. The van der Waals surface area contributed by atoms with Crippen LogP contribution in [0, 0.1) is 17.8 Å². The smallest absolute Gasteiger partial charge is 0.306 e. The molecular formula is C30H45N5O5. The predicted molar refractivity (Wildman–Crippen MR) is 154 cm³/mol. The van der Waals surface area contributed by atoms with Crippen LogP contribution in [0.2, 0.25) is 0 Å². The highest BCUT2D eigenvalue weighted by Crippen LogP contribution is 2.29. The van der Waals surface area contributed by atoms with Crippen LogP contribution < -0.4 is 16.8 Å². The lowest BCUT2D eigenvalue weighted by molar-refractivity contribution is -0.147. The highest BCUT2D eigenvalue weighted by atomic mass is 16.5. The number of nitrogens with one attached hydrogen (secondary N) is 1. The molecule has 3 rings (SSSR count). The van der Waals surface area contributed by atoms with Crippen molar-refractivity contribution in [2.75, 3.05) is 19.8 Å². The first-order valence-electron chi connectivity index (χ1n) is 14.2. The first-order valence-corrected chi connectivity index (χ1v) is 14.2. The molecular weight excluding hydrogens is 510 g/mol. The van der Waals surface area contributed by atoms with Crippen molar-refractivity contribution >= 4 is 23.9 Å². The van der Waals surface area contributed by atoms with Crippen molar-refractivity contribution in [3.05, 3.63) is 48.1 Å². The fourth-order valence-corrected chi connectivity index (χ4v) is 4.83. The standard InChI is InChI=1S/C30H45N5O5/c1-5-6-11-21(27(31)37)15-26(36)40-18-24-14-9-13-23-16-33-28(35(23)24)25(34-29(38)30(3,4)32)19-39-17-22-12-8-7-10-20(22)2/h7-10,12-13,16,20-22,24-25H,5-6,11,14-15,17-19,32H2,1-4H3,(H2,31,37)(H,34,38)/t20?,21?,22-,24?,25-/m1/s1. The van der Waals surface area contributed by atoms with E-state index < -0.39 is 29.4 Å². The Morgan fingerprint density at radius 1 is 1.23 bits per heavy atom. The van der Waals surface area contributed by atoms with Gasteiger partial charge >= 0.3 is 5.97 Å². The van der Waals surface area contributed by atoms with Crippen LogP contribution in [0.15, 0.2) is 36.6 Å². The summed E-state index contributed by atoms with van der Waals surface area (Å²) in [4.78, 5) is 42.0. The molecule has 0 saturated heterocycles. The minimum Gasteiger partial charge on any atom is -0.463 e. The summed E-state index contributed by atoms with van der Waals surface area (Å²) in [7, 11) is 0. The van der Waals surface area contributed by atoms with Gasteiger partial charge in [-0.2, -0.15) is 0 Å². The van der Waals surface area contributed by atoms with Crippen LogP contribution in [0.5, 0.6) is 0 Å². The number of hydrogen-bond acceptors (Lipinski definition) is 7. The number of allylic oxidation sites excluding steroid dienone is 4. The number of esters is 1. The Labute approximate surface area is 237 Å². The van der Waals surface area contributed by atoms with Gasteiger partial charge in [-0.3, -0.25) is 14.4 Å². The second kappa shape index (κ2) is 14.4. The summed E-state index contributed by atoms with van der Waals surface area (Å²) < 4.78 is 13.7. The van der Waals surface area contributed by atoms with Gasteiger partial charge in [0.25, 0.3) is 0 Å². The predicted octanol–water partition coefficient (Wildman–Crippen LogP) is 3.36. The number of aromatic nitrogens is 2. The minimum atomic E-state index is -1.09. The Kier molecular flexibility index (Phi) is 11.3. The second-order valence-corrected chi connectivity index (χ2v) is 11.4. The van der Waals surface area contributed by atoms with E-state index in [-0.39, 0.29) is 37.5 Å². The number of imidazole rings is 1. The third-order valence-electron chi connectivity index (χ3n) is 7.43. The molecule has 10 nitrogen and oxygen atoms in total. The molecule has 1 aliphatic heterocycles. The van der Waals surface area contributed by atoms with Gasteiger partial charge in [0, 0.05) is 11.8 Å². The van der Waals surface area contributed by atoms with E-state index in [0.717, 1.165) is 18.5 Å². The second-order valence-electron chi connectivity index (χ2n) is 11.4. The fraction of sp³-hybridized carbons (Fsp3) is 0.600. The highest BCUT2D eigenvalue weighted by Gasteiger charge is 2.31. The van der Waals surface area contributed by atoms with E-state index in [1.807, 2.05) is 35.8 Å². The molecule has 1 aromatic heterocycles. The lowest BCUT2D eigenvalue weighted by Crippen LogP contribution is -2.51. The summed E-state index contributed by atoms with van der Waals surface area (Å²) in [6.45, 7) is 8.25. The summed E-state index contributed by atoms with van der Waals surface area (Å²) in [6.07, 6.45) is 16.9. The molecule has 0 spiro atoms. The Hall–Kier alpha value is -3.24. The van der Waals surface area contributed by atoms with Crippen molar-refractivity contribution in [1.29, 1.82) is 0 Å². The first-order chi connectivity index (χ1) is 19.0. The van der Waals surface area contributed by atoms with Crippen LogP contribution in [0.4, 0.5) is 0 Å². The number of carbonyl (C=O) groups excluding carboxylic acids is 3. The van der Waals surface area contributed by atoms with E-state index in [0.29, 0.717) is 31.2 Å². The van der Waals surface area contributed by atoms with Crippen LogP contribution >= 0.6 is 0 Å². The Morgan fingerprint density at radius 3 is 2.65 bits per heavy atom. The van der Waals surface area contributed by atoms with Gasteiger partial charge in [0.05, 0.1) is 43.1 Å². The van der Waals surface area contributed by atoms with E-state index in [1.165, 1.54) is 0 Å². The van der Waals surface area contributed by atoms with E-state index in [2.05, 4.69) is 29.4 Å². The van der Waals surface area contributed by atoms with Crippen molar-refractivity contribution in [1.82, 2.24) is 14.9 Å². The van der Waals surface area contributed by atoms with Crippen LogP contribution in [0.1, 0.15) is 83.4 Å². The molecule has 5 atom stereocenters. The van der Waals surface area contributed by atoms with Crippen molar-refractivity contribution in [2.45, 2.75) is 77.4 Å². The van der Waals surface area contributed by atoms with Crippen LogP contribution in [-0.4, -0.2) is 52.7 Å². The lowest BCUT2D eigenvalue weighted by Gasteiger charge is -2.29. The van der Waals surface area contributed by atoms with Gasteiger partial charge < -0.3 is 30.8 Å². The van der Waals surface area contributed by atoms with Crippen LogP contribution in [0.3, 0.4) is 0 Å². The number of nitrogens with two attached hydrogens (primary N) is 2. The maximum absolute atomic E-state index is 12.9. The fourth-order valence-electron chi connectivity index (χ4n) is 4.83. The number of fused-ring (bicyclic) bond motifs is 1. The summed E-state index contributed by atoms with van der Waals surface area (Å²) in [6, 6.07) is -0.804. The zero-order valence-electron chi connectivity index (χ0n) is 24.2. The molecule has 2 amide bonds. The van der Waals surface area contributed by atoms with Gasteiger partial charge in [-0.1, -0.05) is 57.1 Å². The molecule has 2 heterocycles. The maximum atomic E-state index is 12.9. The normalized spacial score (nSPS) is 21.5. The van der Waals surface area contributed by atoms with Crippen LogP contribution in [-0.2, 0) is 23.9 Å². The van der Waals surface area contributed by atoms with Gasteiger partial charge in [-0.05, 0) is 38.7 Å². The van der Waals surface area contributed by atoms with E-state index >= 15 is 0 Å². The van der Waals surface area contributed by atoms with Gasteiger partial charge in [-0.15, -0.1) is 0 Å². The summed E-state index contributed by atoms with van der Waals surface area (Å²) in [5.74, 6) is -0.625. The minimum absolute atomic E-state index is 0.0388. The zero-order chi connectivity index (χ0) is 29.3. The molecule has 3 unspecified atom stereocenters. The average Bonchev–Trinajstić information content (AvgIpc) is 3.34. The number of primary amides is 1. The van der Waals surface area contributed by atoms with Gasteiger partial charge in [0.1, 0.15) is 18.5 Å². The van der Waals surface area contributed by atoms with E-state index in [1.54, 1.807) is 20.0 Å². The van der Waals surface area contributed by atoms with Crippen molar-refractivity contribution in [3.8, 4) is 0 Å². The number of carbonyl (C=O) groups is 3. The maximum Gasteiger partial charge on any atom is 0.306 e. The number of ether oxygens (including phenoxy) is 2. The molecule has 5 N–H and O–H groups in total. The monoisotopic (exact) mass is 555 g/mol. The summed E-state index contributed by atoms with van der Waals surface area (Å²) in [5.41, 5.74) is 11.3. The lowest BCUT2D eigenvalue weighted by atomic mass is 9.91. The Balaban J connectivity index is 1.74. The molecule has 220 valence electrons. The molecule has 10 heteroatoms. The number of hydrogen-bond donors (Lipinski definition) is 3. The third-order valence-corrected chi connectivity index (χ3v) is 7.43. The van der Waals surface area contributed by atoms with Gasteiger partial charge in [0.15, 0.2) is 0 Å². The van der Waals surface area contributed by atoms with Crippen LogP contribution in [0.25, 0.3) is 6.08 Å². The molecule has 0 aromatic carbocycles. The molecule has 0 radical (unpaired) electrons. The summed E-state index contributed by atoms with van der Waals surface area (Å²) in [5, 5.41) is 3.01. The Bertz CT molecular complexity index is 1120. The highest BCUT2D eigenvalue weighted by molar-refractivity contribution is 5.85. The molecule has 0 fully saturated rings. The average molecular weight is 556 g/mol. The molecule has 0 bridgehead atoms. The first kappa shape index (κ1) is 31.3. The molecule has 2 aliphatic rings. The molecule has 1 aromatic rings. The number of nitrogens with zero attached hydrogens (tertiary/aromatic N) is 2. The summed E-state index contributed by atoms with van der Waals surface area (Å²) >= 11 is 0. The Morgan fingerprint density at radius 2 is 1.98 bits per heavy atom. The molecule has 1 aliphatic carbocycles. The number of amides is 2. The van der Waals surface area contributed by atoms with Crippen molar-refractivity contribution < 1.29 is 23.9 Å².